The number of methoxy groups -OCH3 is 3. The highest BCUT2D eigenvalue weighted by atomic mass is 19.1. The molecule has 0 saturated heterocycles. The first-order chi connectivity index (χ1) is 10.1. The Hall–Kier alpha value is -2.27. The van der Waals surface area contributed by atoms with E-state index in [1.807, 2.05) is 0 Å². The van der Waals surface area contributed by atoms with Crippen molar-refractivity contribution in [2.75, 3.05) is 21.3 Å². The molecular weight excluding hydrogens is 273 g/mol. The fraction of sp³-hybridized carbons (Fsp3) is 0.250. The summed E-state index contributed by atoms with van der Waals surface area (Å²) in [6, 6.07) is 9.19. The van der Waals surface area contributed by atoms with Gasteiger partial charge in [0, 0.05) is 11.1 Å². The Morgan fingerprint density at radius 2 is 1.52 bits per heavy atom. The Labute approximate surface area is 123 Å². The number of ether oxygens (including phenoxy) is 3. The van der Waals surface area contributed by atoms with Crippen LogP contribution in [0.25, 0.3) is 0 Å². The minimum absolute atomic E-state index is 0.359. The van der Waals surface area contributed by atoms with Gasteiger partial charge in [-0.05, 0) is 18.2 Å². The van der Waals surface area contributed by atoms with Gasteiger partial charge in [-0.2, -0.15) is 0 Å². The van der Waals surface area contributed by atoms with E-state index in [-0.39, 0.29) is 5.82 Å². The zero-order chi connectivity index (χ0) is 15.4. The topological polar surface area (TPSA) is 53.7 Å². The van der Waals surface area contributed by atoms with Crippen LogP contribution in [0.1, 0.15) is 17.2 Å². The summed E-state index contributed by atoms with van der Waals surface area (Å²) in [5.41, 5.74) is 7.21. The second-order valence-electron chi connectivity index (χ2n) is 4.42. The number of nitrogens with two attached hydrogens (primary N) is 1. The van der Waals surface area contributed by atoms with Crippen LogP contribution in [-0.4, -0.2) is 21.3 Å². The summed E-state index contributed by atoms with van der Waals surface area (Å²) < 4.78 is 29.8. The summed E-state index contributed by atoms with van der Waals surface area (Å²) in [6.45, 7) is 0. The van der Waals surface area contributed by atoms with Crippen molar-refractivity contribution in [1.29, 1.82) is 0 Å². The summed E-state index contributed by atoms with van der Waals surface area (Å²) in [4.78, 5) is 0. The number of benzene rings is 2. The summed E-state index contributed by atoms with van der Waals surface area (Å²) in [6.07, 6.45) is 0. The first-order valence-corrected chi connectivity index (χ1v) is 6.42. The summed E-state index contributed by atoms with van der Waals surface area (Å²) in [5.74, 6) is 1.04. The smallest absolute Gasteiger partial charge is 0.203 e. The summed E-state index contributed by atoms with van der Waals surface area (Å²) >= 11 is 0. The lowest BCUT2D eigenvalue weighted by Crippen LogP contribution is -2.15. The van der Waals surface area contributed by atoms with Gasteiger partial charge in [-0.3, -0.25) is 0 Å². The molecule has 0 aliphatic rings. The van der Waals surface area contributed by atoms with Crippen LogP contribution >= 0.6 is 0 Å². The van der Waals surface area contributed by atoms with Gasteiger partial charge in [0.15, 0.2) is 11.5 Å². The van der Waals surface area contributed by atoms with Crippen molar-refractivity contribution in [3.8, 4) is 17.2 Å². The molecule has 0 aromatic heterocycles. The molecule has 0 saturated carbocycles. The Morgan fingerprint density at radius 3 is 2.10 bits per heavy atom. The fourth-order valence-corrected chi connectivity index (χ4v) is 2.26. The maximum Gasteiger partial charge on any atom is 0.203 e. The predicted molar refractivity (Wildman–Crippen MR) is 78.5 cm³/mol. The van der Waals surface area contributed by atoms with Gasteiger partial charge in [-0.15, -0.1) is 0 Å². The Balaban J connectivity index is 2.56. The maximum absolute atomic E-state index is 13.9. The standard InChI is InChI=1S/C16H18FNO3/c1-19-13-9-8-11(15(20-2)16(13)21-3)14(18)10-6-4-5-7-12(10)17/h4-9,14H,18H2,1-3H3. The van der Waals surface area contributed by atoms with E-state index in [1.54, 1.807) is 30.3 Å². The molecule has 2 rings (SSSR count). The lowest BCUT2D eigenvalue weighted by molar-refractivity contribution is 0.321. The van der Waals surface area contributed by atoms with Crippen molar-refractivity contribution in [2.45, 2.75) is 6.04 Å². The molecule has 21 heavy (non-hydrogen) atoms. The van der Waals surface area contributed by atoms with Crippen LogP contribution in [0.5, 0.6) is 17.2 Å². The third kappa shape index (κ3) is 2.78. The number of hydrogen-bond acceptors (Lipinski definition) is 4. The molecule has 112 valence electrons. The fourth-order valence-electron chi connectivity index (χ4n) is 2.26. The van der Waals surface area contributed by atoms with Gasteiger partial charge in [0.1, 0.15) is 5.82 Å². The average molecular weight is 291 g/mol. The van der Waals surface area contributed by atoms with Crippen molar-refractivity contribution in [2.24, 2.45) is 5.73 Å². The van der Waals surface area contributed by atoms with Gasteiger partial charge in [-0.25, -0.2) is 4.39 Å². The molecule has 2 aromatic carbocycles. The molecule has 0 spiro atoms. The van der Waals surface area contributed by atoms with E-state index in [1.165, 1.54) is 27.4 Å². The molecule has 5 heteroatoms. The molecule has 4 nitrogen and oxygen atoms in total. The molecule has 0 amide bonds. The van der Waals surface area contributed by atoms with E-state index in [2.05, 4.69) is 0 Å². The van der Waals surface area contributed by atoms with Crippen LogP contribution in [0.4, 0.5) is 4.39 Å². The van der Waals surface area contributed by atoms with Gasteiger partial charge >= 0.3 is 0 Å². The zero-order valence-corrected chi connectivity index (χ0v) is 12.2. The molecule has 0 bridgehead atoms. The van der Waals surface area contributed by atoms with Crippen molar-refractivity contribution in [1.82, 2.24) is 0 Å². The zero-order valence-electron chi connectivity index (χ0n) is 12.2. The monoisotopic (exact) mass is 291 g/mol. The quantitative estimate of drug-likeness (QED) is 0.920. The summed E-state index contributed by atoms with van der Waals surface area (Å²) in [5, 5.41) is 0. The van der Waals surface area contributed by atoms with E-state index < -0.39 is 6.04 Å². The number of rotatable bonds is 5. The lowest BCUT2D eigenvalue weighted by atomic mass is 9.97. The molecule has 2 N–H and O–H groups in total. The van der Waals surface area contributed by atoms with Crippen LogP contribution in [0, 0.1) is 5.82 Å². The van der Waals surface area contributed by atoms with Crippen molar-refractivity contribution in [3.63, 3.8) is 0 Å². The van der Waals surface area contributed by atoms with Crippen molar-refractivity contribution >= 4 is 0 Å². The van der Waals surface area contributed by atoms with Crippen LogP contribution in [0.2, 0.25) is 0 Å². The van der Waals surface area contributed by atoms with E-state index in [0.717, 1.165) is 0 Å². The molecule has 1 atom stereocenters. The van der Waals surface area contributed by atoms with Gasteiger partial charge in [-0.1, -0.05) is 18.2 Å². The highest BCUT2D eigenvalue weighted by Crippen LogP contribution is 2.42. The second kappa shape index (κ2) is 6.45. The van der Waals surface area contributed by atoms with Gasteiger partial charge in [0.05, 0.1) is 27.4 Å². The Kier molecular flexibility index (Phi) is 4.65. The Morgan fingerprint density at radius 1 is 0.857 bits per heavy atom. The molecule has 0 radical (unpaired) electrons. The van der Waals surface area contributed by atoms with Crippen LogP contribution in [-0.2, 0) is 0 Å². The molecule has 1 unspecified atom stereocenters. The highest BCUT2D eigenvalue weighted by molar-refractivity contribution is 5.58. The van der Waals surface area contributed by atoms with Crippen molar-refractivity contribution in [3.05, 3.63) is 53.3 Å². The largest absolute Gasteiger partial charge is 0.493 e. The van der Waals surface area contributed by atoms with E-state index in [9.17, 15) is 4.39 Å². The first kappa shape index (κ1) is 15.1. The predicted octanol–water partition coefficient (Wildman–Crippen LogP) is 2.90. The maximum atomic E-state index is 13.9. The minimum atomic E-state index is -0.666. The van der Waals surface area contributed by atoms with E-state index in [4.69, 9.17) is 19.9 Å². The minimum Gasteiger partial charge on any atom is -0.493 e. The average Bonchev–Trinajstić information content (AvgIpc) is 2.52. The van der Waals surface area contributed by atoms with E-state index in [0.29, 0.717) is 28.4 Å². The van der Waals surface area contributed by atoms with Gasteiger partial charge in [0.25, 0.3) is 0 Å². The van der Waals surface area contributed by atoms with Crippen molar-refractivity contribution < 1.29 is 18.6 Å². The first-order valence-electron chi connectivity index (χ1n) is 6.42. The second-order valence-corrected chi connectivity index (χ2v) is 4.42. The molecule has 0 aliphatic carbocycles. The highest BCUT2D eigenvalue weighted by Gasteiger charge is 2.22. The number of halogens is 1. The molecular formula is C16H18FNO3. The van der Waals surface area contributed by atoms with Crippen LogP contribution in [0.15, 0.2) is 36.4 Å². The number of hydrogen-bond donors (Lipinski definition) is 1. The summed E-state index contributed by atoms with van der Waals surface area (Å²) in [7, 11) is 4.56. The van der Waals surface area contributed by atoms with Crippen LogP contribution in [0.3, 0.4) is 0 Å². The van der Waals surface area contributed by atoms with Crippen LogP contribution < -0.4 is 19.9 Å². The SMILES string of the molecule is COc1ccc(C(N)c2ccccc2F)c(OC)c1OC. The molecule has 2 aromatic rings. The molecule has 0 fully saturated rings. The third-order valence-corrected chi connectivity index (χ3v) is 3.31. The third-order valence-electron chi connectivity index (χ3n) is 3.31. The van der Waals surface area contributed by atoms with E-state index >= 15 is 0 Å². The Bertz CT molecular complexity index is 631. The molecule has 0 heterocycles. The lowest BCUT2D eigenvalue weighted by Gasteiger charge is -2.20. The normalized spacial score (nSPS) is 11.9. The molecule has 0 aliphatic heterocycles. The van der Waals surface area contributed by atoms with Gasteiger partial charge in [0.2, 0.25) is 5.75 Å². The van der Waals surface area contributed by atoms with Gasteiger partial charge < -0.3 is 19.9 Å².